The van der Waals surface area contributed by atoms with Crippen LogP contribution in [0.4, 0.5) is 0 Å². The van der Waals surface area contributed by atoms with Gasteiger partial charge in [-0.1, -0.05) is 40.2 Å². The molecule has 0 aromatic heterocycles. The Morgan fingerprint density at radius 3 is 2.44 bits per heavy atom. The maximum atomic E-state index is 6.06. The van der Waals surface area contributed by atoms with Gasteiger partial charge in [0.05, 0.1) is 0 Å². The molecule has 2 heteroatoms. The van der Waals surface area contributed by atoms with Crippen molar-refractivity contribution >= 4 is 15.9 Å². The van der Waals surface area contributed by atoms with Crippen LogP contribution >= 0.6 is 15.9 Å². The molecule has 0 unspecified atom stereocenters. The summed E-state index contributed by atoms with van der Waals surface area (Å²) in [5.74, 6) is 1.86. The second kappa shape index (κ2) is 5.57. The summed E-state index contributed by atoms with van der Waals surface area (Å²) in [6.07, 6.45) is 0. The molecule has 2 aromatic carbocycles. The number of benzene rings is 2. The molecule has 0 fully saturated rings. The number of alkyl halides is 1. The summed E-state index contributed by atoms with van der Waals surface area (Å²) < 4.78 is 6.06. The Morgan fingerprint density at radius 1 is 1.00 bits per heavy atom. The second-order valence-corrected chi connectivity index (χ2v) is 5.11. The van der Waals surface area contributed by atoms with E-state index in [2.05, 4.69) is 54.9 Å². The largest absolute Gasteiger partial charge is 0.457 e. The number of hydrogen-bond donors (Lipinski definition) is 0. The van der Waals surface area contributed by atoms with E-state index in [1.54, 1.807) is 0 Å². The third-order valence-electron chi connectivity index (χ3n) is 3.10. The number of ether oxygens (including phenoxy) is 1. The van der Waals surface area contributed by atoms with Crippen molar-refractivity contribution in [1.82, 2.24) is 0 Å². The van der Waals surface area contributed by atoms with Crippen molar-refractivity contribution in [2.24, 2.45) is 0 Å². The molecule has 0 heterocycles. The van der Waals surface area contributed by atoms with Crippen molar-refractivity contribution in [2.45, 2.75) is 26.1 Å². The van der Waals surface area contributed by atoms with Crippen molar-refractivity contribution in [1.29, 1.82) is 0 Å². The highest BCUT2D eigenvalue weighted by Crippen LogP contribution is 2.31. The molecular weight excluding hydrogens is 288 g/mol. The first-order valence-electron chi connectivity index (χ1n) is 6.01. The highest BCUT2D eigenvalue weighted by atomic mass is 79.9. The lowest BCUT2D eigenvalue weighted by Crippen LogP contribution is -1.94. The molecule has 0 N–H and O–H groups in total. The lowest BCUT2D eigenvalue weighted by Gasteiger charge is -2.14. The van der Waals surface area contributed by atoms with Crippen LogP contribution in [-0.4, -0.2) is 0 Å². The van der Waals surface area contributed by atoms with Gasteiger partial charge < -0.3 is 4.74 Å². The molecule has 1 nitrogen and oxygen atoms in total. The molecule has 0 aliphatic rings. The van der Waals surface area contributed by atoms with E-state index in [0.29, 0.717) is 0 Å². The van der Waals surface area contributed by atoms with Crippen molar-refractivity contribution in [2.75, 3.05) is 0 Å². The van der Waals surface area contributed by atoms with Crippen LogP contribution in [0.5, 0.6) is 11.5 Å². The first-order chi connectivity index (χ1) is 8.61. The second-order valence-electron chi connectivity index (χ2n) is 4.55. The van der Waals surface area contributed by atoms with Crippen LogP contribution < -0.4 is 4.74 Å². The summed E-state index contributed by atoms with van der Waals surface area (Å²) in [6, 6.07) is 12.4. The normalized spacial score (nSPS) is 10.4. The van der Waals surface area contributed by atoms with Gasteiger partial charge in [-0.3, -0.25) is 0 Å². The highest BCUT2D eigenvalue weighted by molar-refractivity contribution is 9.08. The molecule has 0 radical (unpaired) electrons. The van der Waals surface area contributed by atoms with Gasteiger partial charge in [-0.15, -0.1) is 0 Å². The van der Waals surface area contributed by atoms with E-state index in [-0.39, 0.29) is 0 Å². The molecule has 0 aliphatic carbocycles. The molecule has 0 aliphatic heterocycles. The van der Waals surface area contributed by atoms with Gasteiger partial charge in [0.2, 0.25) is 0 Å². The molecule has 0 saturated heterocycles. The number of halogens is 1. The molecule has 94 valence electrons. The zero-order valence-corrected chi connectivity index (χ0v) is 12.5. The Hall–Kier alpha value is -1.28. The average Bonchev–Trinajstić information content (AvgIpc) is 2.36. The zero-order chi connectivity index (χ0) is 13.1. The van der Waals surface area contributed by atoms with Crippen LogP contribution in [0.2, 0.25) is 0 Å². The van der Waals surface area contributed by atoms with Crippen molar-refractivity contribution in [3.8, 4) is 11.5 Å². The lowest BCUT2D eigenvalue weighted by atomic mass is 10.1. The summed E-state index contributed by atoms with van der Waals surface area (Å²) in [4.78, 5) is 0. The third-order valence-corrected chi connectivity index (χ3v) is 3.70. The van der Waals surface area contributed by atoms with Crippen LogP contribution in [0.3, 0.4) is 0 Å². The topological polar surface area (TPSA) is 9.23 Å². The first kappa shape index (κ1) is 13.2. The Bertz CT molecular complexity index is 561. The van der Waals surface area contributed by atoms with E-state index in [9.17, 15) is 0 Å². The highest BCUT2D eigenvalue weighted by Gasteiger charge is 2.07. The average molecular weight is 305 g/mol. The van der Waals surface area contributed by atoms with Gasteiger partial charge in [-0.05, 0) is 49.6 Å². The first-order valence-corrected chi connectivity index (χ1v) is 7.13. The van der Waals surface area contributed by atoms with Crippen molar-refractivity contribution in [3.63, 3.8) is 0 Å². The number of hydrogen-bond acceptors (Lipinski definition) is 1. The fourth-order valence-corrected chi connectivity index (χ4v) is 2.40. The third kappa shape index (κ3) is 2.75. The van der Waals surface area contributed by atoms with Crippen LogP contribution in [0.1, 0.15) is 22.3 Å². The summed E-state index contributed by atoms with van der Waals surface area (Å²) in [5.41, 5.74) is 4.85. The predicted octanol–water partition coefficient (Wildman–Crippen LogP) is 5.30. The van der Waals surface area contributed by atoms with Crippen LogP contribution in [0.15, 0.2) is 36.4 Å². The van der Waals surface area contributed by atoms with Gasteiger partial charge in [-0.25, -0.2) is 0 Å². The van der Waals surface area contributed by atoms with E-state index in [4.69, 9.17) is 4.74 Å². The van der Waals surface area contributed by atoms with Crippen molar-refractivity contribution in [3.05, 3.63) is 58.7 Å². The maximum Gasteiger partial charge on any atom is 0.131 e. The summed E-state index contributed by atoms with van der Waals surface area (Å²) in [6.45, 7) is 6.31. The standard InChI is InChI=1S/C16H17BrO/c1-11-8-12(2)13(3)16(9-11)18-15-7-5-4-6-14(15)10-17/h4-9H,10H2,1-3H3. The Kier molecular flexibility index (Phi) is 4.07. The Labute approximate surface area is 117 Å². The predicted molar refractivity (Wildman–Crippen MR) is 79.8 cm³/mol. The molecule has 0 atom stereocenters. The molecular formula is C16H17BrO. The van der Waals surface area contributed by atoms with Gasteiger partial charge in [0.25, 0.3) is 0 Å². The van der Waals surface area contributed by atoms with Crippen molar-refractivity contribution < 1.29 is 4.74 Å². The maximum absolute atomic E-state index is 6.06. The number of rotatable bonds is 3. The van der Waals surface area contributed by atoms with Gasteiger partial charge >= 0.3 is 0 Å². The summed E-state index contributed by atoms with van der Waals surface area (Å²) in [7, 11) is 0. The molecule has 0 saturated carbocycles. The monoisotopic (exact) mass is 304 g/mol. The number of aryl methyl sites for hydroxylation is 2. The Balaban J connectivity index is 2.40. The van der Waals surface area contributed by atoms with E-state index in [1.165, 1.54) is 16.7 Å². The Morgan fingerprint density at radius 2 is 1.72 bits per heavy atom. The fraction of sp³-hybridized carbons (Fsp3) is 0.250. The molecule has 2 aromatic rings. The van der Waals surface area contributed by atoms with E-state index in [0.717, 1.165) is 22.4 Å². The molecule has 18 heavy (non-hydrogen) atoms. The molecule has 0 bridgehead atoms. The minimum absolute atomic E-state index is 0.799. The smallest absolute Gasteiger partial charge is 0.131 e. The van der Waals surface area contributed by atoms with E-state index < -0.39 is 0 Å². The van der Waals surface area contributed by atoms with E-state index >= 15 is 0 Å². The molecule has 0 amide bonds. The van der Waals surface area contributed by atoms with Gasteiger partial charge in [-0.2, -0.15) is 0 Å². The van der Waals surface area contributed by atoms with Crippen LogP contribution in [-0.2, 0) is 5.33 Å². The van der Waals surface area contributed by atoms with Gasteiger partial charge in [0.1, 0.15) is 11.5 Å². The summed E-state index contributed by atoms with van der Waals surface area (Å²) in [5, 5.41) is 0.799. The minimum Gasteiger partial charge on any atom is -0.457 e. The molecule has 0 spiro atoms. The lowest BCUT2D eigenvalue weighted by molar-refractivity contribution is 0.474. The van der Waals surface area contributed by atoms with E-state index in [1.807, 2.05) is 18.2 Å². The number of para-hydroxylation sites is 1. The van der Waals surface area contributed by atoms with Crippen LogP contribution in [0.25, 0.3) is 0 Å². The minimum atomic E-state index is 0.799. The SMILES string of the molecule is Cc1cc(C)c(C)c(Oc2ccccc2CBr)c1. The van der Waals surface area contributed by atoms with Crippen LogP contribution in [0, 0.1) is 20.8 Å². The zero-order valence-electron chi connectivity index (χ0n) is 11.0. The van der Waals surface area contributed by atoms with Gasteiger partial charge in [0.15, 0.2) is 0 Å². The fourth-order valence-electron chi connectivity index (χ4n) is 1.94. The van der Waals surface area contributed by atoms with Gasteiger partial charge in [0, 0.05) is 10.9 Å². The molecule has 2 rings (SSSR count). The summed E-state index contributed by atoms with van der Waals surface area (Å²) >= 11 is 3.49. The quantitative estimate of drug-likeness (QED) is 0.699.